The first-order valence-electron chi connectivity index (χ1n) is 4.81. The molecule has 15 heavy (non-hydrogen) atoms. The van der Waals surface area contributed by atoms with E-state index in [0.29, 0.717) is 12.8 Å². The maximum atomic E-state index is 13.3. The molecule has 1 atom stereocenters. The molecule has 1 unspecified atom stereocenters. The number of carboxylic acid groups (broad SMARTS) is 1. The Morgan fingerprint density at radius 1 is 1.53 bits per heavy atom. The number of halogens is 1. The zero-order chi connectivity index (χ0) is 10.8. The molecule has 80 valence electrons. The lowest BCUT2D eigenvalue weighted by Crippen LogP contribution is -2.20. The number of aryl methyl sites for hydroxylation is 1. The van der Waals surface area contributed by atoms with Gasteiger partial charge in [-0.2, -0.15) is 0 Å². The summed E-state index contributed by atoms with van der Waals surface area (Å²) in [7, 11) is 0. The lowest BCUT2D eigenvalue weighted by atomic mass is 10.0. The van der Waals surface area contributed by atoms with Gasteiger partial charge in [0.15, 0.2) is 11.6 Å². The number of aliphatic carboxylic acids is 1. The summed E-state index contributed by atoms with van der Waals surface area (Å²) in [5.74, 6) is -1.64. The average molecular weight is 210 g/mol. The Morgan fingerprint density at radius 2 is 2.33 bits per heavy atom. The van der Waals surface area contributed by atoms with Gasteiger partial charge >= 0.3 is 5.97 Å². The summed E-state index contributed by atoms with van der Waals surface area (Å²) in [6, 6.07) is 4.70. The third kappa shape index (κ3) is 1.93. The van der Waals surface area contributed by atoms with E-state index in [-0.39, 0.29) is 12.4 Å². The molecule has 1 aromatic rings. The Morgan fingerprint density at radius 3 is 3.07 bits per heavy atom. The van der Waals surface area contributed by atoms with Crippen LogP contribution in [0.5, 0.6) is 5.75 Å². The van der Waals surface area contributed by atoms with Gasteiger partial charge in [0.05, 0.1) is 5.92 Å². The number of ether oxygens (including phenoxy) is 1. The SMILES string of the molecule is O=C(O)C1CCc2cccc(F)c2OC1. The van der Waals surface area contributed by atoms with Gasteiger partial charge in [0, 0.05) is 0 Å². The molecule has 0 saturated carbocycles. The van der Waals surface area contributed by atoms with Crippen LogP contribution < -0.4 is 4.74 Å². The summed E-state index contributed by atoms with van der Waals surface area (Å²) >= 11 is 0. The smallest absolute Gasteiger partial charge is 0.309 e. The summed E-state index contributed by atoms with van der Waals surface area (Å²) < 4.78 is 18.5. The van der Waals surface area contributed by atoms with Gasteiger partial charge in [-0.05, 0) is 24.5 Å². The van der Waals surface area contributed by atoms with Gasteiger partial charge in [-0.3, -0.25) is 4.79 Å². The zero-order valence-corrected chi connectivity index (χ0v) is 8.07. The maximum absolute atomic E-state index is 13.3. The van der Waals surface area contributed by atoms with E-state index in [4.69, 9.17) is 9.84 Å². The van der Waals surface area contributed by atoms with Crippen LogP contribution in [-0.2, 0) is 11.2 Å². The van der Waals surface area contributed by atoms with Gasteiger partial charge in [-0.25, -0.2) is 4.39 Å². The van der Waals surface area contributed by atoms with E-state index in [0.717, 1.165) is 5.56 Å². The standard InChI is InChI=1S/C11H11FO3/c12-9-3-1-2-7-4-5-8(11(13)14)6-15-10(7)9/h1-3,8H,4-6H2,(H,13,14). The highest BCUT2D eigenvalue weighted by Crippen LogP contribution is 2.28. The van der Waals surface area contributed by atoms with Crippen molar-refractivity contribution in [3.63, 3.8) is 0 Å². The van der Waals surface area contributed by atoms with Gasteiger partial charge in [-0.15, -0.1) is 0 Å². The van der Waals surface area contributed by atoms with Crippen LogP contribution >= 0.6 is 0 Å². The molecule has 0 aromatic heterocycles. The number of fused-ring (bicyclic) bond motifs is 1. The van der Waals surface area contributed by atoms with Crippen molar-refractivity contribution in [2.24, 2.45) is 5.92 Å². The zero-order valence-electron chi connectivity index (χ0n) is 8.07. The lowest BCUT2D eigenvalue weighted by Gasteiger charge is -2.09. The molecule has 1 heterocycles. The molecular formula is C11H11FO3. The van der Waals surface area contributed by atoms with Crippen molar-refractivity contribution in [1.82, 2.24) is 0 Å². The number of hydrogen-bond donors (Lipinski definition) is 1. The average Bonchev–Trinajstić information content (AvgIpc) is 2.41. The monoisotopic (exact) mass is 210 g/mol. The van der Waals surface area contributed by atoms with Crippen molar-refractivity contribution in [3.05, 3.63) is 29.6 Å². The predicted octanol–water partition coefficient (Wildman–Crippen LogP) is 1.85. The van der Waals surface area contributed by atoms with Crippen molar-refractivity contribution in [2.45, 2.75) is 12.8 Å². The summed E-state index contributed by atoms with van der Waals surface area (Å²) in [5, 5.41) is 8.84. The van der Waals surface area contributed by atoms with E-state index in [1.165, 1.54) is 6.07 Å². The Kier molecular flexibility index (Phi) is 2.58. The molecule has 0 aliphatic carbocycles. The van der Waals surface area contributed by atoms with Crippen molar-refractivity contribution >= 4 is 5.97 Å². The molecule has 0 amide bonds. The van der Waals surface area contributed by atoms with E-state index in [1.54, 1.807) is 12.1 Å². The Hall–Kier alpha value is -1.58. The van der Waals surface area contributed by atoms with Crippen LogP contribution in [0.3, 0.4) is 0 Å². The lowest BCUT2D eigenvalue weighted by molar-refractivity contribution is -0.142. The molecule has 1 N–H and O–H groups in total. The molecule has 4 heteroatoms. The summed E-state index contributed by atoms with van der Waals surface area (Å²) in [5.41, 5.74) is 0.749. The van der Waals surface area contributed by atoms with Gasteiger partial charge in [0.25, 0.3) is 0 Å². The fourth-order valence-corrected chi connectivity index (χ4v) is 1.70. The van der Waals surface area contributed by atoms with Crippen LogP contribution in [0.2, 0.25) is 0 Å². The van der Waals surface area contributed by atoms with E-state index in [1.807, 2.05) is 0 Å². The third-order valence-corrected chi connectivity index (χ3v) is 2.59. The molecule has 1 aliphatic heterocycles. The highest BCUT2D eigenvalue weighted by molar-refractivity contribution is 5.70. The molecule has 0 saturated heterocycles. The highest BCUT2D eigenvalue weighted by Gasteiger charge is 2.24. The first-order chi connectivity index (χ1) is 7.18. The van der Waals surface area contributed by atoms with Gasteiger partial charge in [0.1, 0.15) is 6.61 Å². The Bertz CT molecular complexity index is 389. The number of hydrogen-bond acceptors (Lipinski definition) is 2. The van der Waals surface area contributed by atoms with Crippen molar-refractivity contribution in [1.29, 1.82) is 0 Å². The molecule has 1 aromatic carbocycles. The Labute approximate surface area is 86.5 Å². The third-order valence-electron chi connectivity index (χ3n) is 2.59. The van der Waals surface area contributed by atoms with Crippen LogP contribution in [0.15, 0.2) is 18.2 Å². The van der Waals surface area contributed by atoms with Crippen molar-refractivity contribution in [3.8, 4) is 5.75 Å². The quantitative estimate of drug-likeness (QED) is 0.769. The van der Waals surface area contributed by atoms with Gasteiger partial charge < -0.3 is 9.84 Å². The largest absolute Gasteiger partial charge is 0.489 e. The summed E-state index contributed by atoms with van der Waals surface area (Å²) in [4.78, 5) is 10.8. The molecule has 0 spiro atoms. The number of carbonyl (C=O) groups is 1. The number of para-hydroxylation sites is 1. The minimum absolute atomic E-state index is 0.0449. The van der Waals surface area contributed by atoms with Gasteiger partial charge in [0.2, 0.25) is 0 Å². The van der Waals surface area contributed by atoms with Crippen LogP contribution in [0, 0.1) is 11.7 Å². The number of benzene rings is 1. The molecule has 1 aliphatic rings. The summed E-state index contributed by atoms with van der Waals surface area (Å²) in [6.07, 6.45) is 1.04. The topological polar surface area (TPSA) is 46.5 Å². The minimum atomic E-state index is -0.886. The summed E-state index contributed by atoms with van der Waals surface area (Å²) in [6.45, 7) is 0.0449. The predicted molar refractivity (Wildman–Crippen MR) is 51.3 cm³/mol. The van der Waals surface area contributed by atoms with Crippen molar-refractivity contribution in [2.75, 3.05) is 6.61 Å². The van der Waals surface area contributed by atoms with Crippen LogP contribution in [0.1, 0.15) is 12.0 Å². The number of carboxylic acids is 1. The molecule has 2 rings (SSSR count). The Balaban J connectivity index is 2.25. The second-order valence-corrected chi connectivity index (χ2v) is 3.61. The molecule has 0 fully saturated rings. The maximum Gasteiger partial charge on any atom is 0.309 e. The molecule has 0 bridgehead atoms. The van der Waals surface area contributed by atoms with E-state index in [9.17, 15) is 9.18 Å². The number of rotatable bonds is 1. The fourth-order valence-electron chi connectivity index (χ4n) is 1.70. The molecular weight excluding hydrogens is 199 g/mol. The fraction of sp³-hybridized carbons (Fsp3) is 0.364. The van der Waals surface area contributed by atoms with Gasteiger partial charge in [-0.1, -0.05) is 12.1 Å². The van der Waals surface area contributed by atoms with Crippen LogP contribution in [0.25, 0.3) is 0 Å². The second kappa shape index (κ2) is 3.88. The first kappa shape index (κ1) is 9.96. The van der Waals surface area contributed by atoms with Crippen LogP contribution in [0.4, 0.5) is 4.39 Å². The van der Waals surface area contributed by atoms with Crippen molar-refractivity contribution < 1.29 is 19.0 Å². The normalized spacial score (nSPS) is 19.9. The highest BCUT2D eigenvalue weighted by atomic mass is 19.1. The van der Waals surface area contributed by atoms with E-state index < -0.39 is 17.7 Å². The minimum Gasteiger partial charge on any atom is -0.489 e. The second-order valence-electron chi connectivity index (χ2n) is 3.61. The van der Waals surface area contributed by atoms with Crippen LogP contribution in [-0.4, -0.2) is 17.7 Å². The van der Waals surface area contributed by atoms with E-state index >= 15 is 0 Å². The first-order valence-corrected chi connectivity index (χ1v) is 4.81. The van der Waals surface area contributed by atoms with E-state index in [2.05, 4.69) is 0 Å². The molecule has 0 radical (unpaired) electrons. The molecule has 3 nitrogen and oxygen atoms in total.